The summed E-state index contributed by atoms with van der Waals surface area (Å²) in [6.07, 6.45) is 7.86. The van der Waals surface area contributed by atoms with Crippen LogP contribution in [0.1, 0.15) is 52.1 Å². The first-order valence-corrected chi connectivity index (χ1v) is 9.00. The molecular formula is C16H28N4S. The maximum atomic E-state index is 6.06. The number of unbranched alkanes of at least 4 members (excludes halogenated alkanes) is 2. The van der Waals surface area contributed by atoms with Crippen molar-refractivity contribution in [1.29, 1.82) is 0 Å². The Balaban J connectivity index is 2.32. The Kier molecular flexibility index (Phi) is 6.06. The van der Waals surface area contributed by atoms with E-state index in [1.54, 1.807) is 11.3 Å². The Morgan fingerprint density at radius 3 is 2.52 bits per heavy atom. The molecule has 1 unspecified atom stereocenters. The zero-order chi connectivity index (χ0) is 15.2. The number of fused-ring (bicyclic) bond motifs is 1. The third-order valence-corrected chi connectivity index (χ3v) is 4.47. The lowest BCUT2D eigenvalue weighted by molar-refractivity contribution is 0.660. The normalized spacial score (nSPS) is 13.0. The molecule has 1 atom stereocenters. The van der Waals surface area contributed by atoms with E-state index in [1.165, 1.54) is 31.4 Å². The highest BCUT2D eigenvalue weighted by molar-refractivity contribution is 7.15. The summed E-state index contributed by atoms with van der Waals surface area (Å²) in [6, 6.07) is 0.155. The Labute approximate surface area is 132 Å². The van der Waals surface area contributed by atoms with E-state index in [1.807, 2.05) is 0 Å². The first-order chi connectivity index (χ1) is 10.2. The molecule has 0 aromatic carbocycles. The van der Waals surface area contributed by atoms with Gasteiger partial charge in [-0.1, -0.05) is 26.7 Å². The summed E-state index contributed by atoms with van der Waals surface area (Å²) in [7, 11) is 0. The molecule has 0 amide bonds. The summed E-state index contributed by atoms with van der Waals surface area (Å²) >= 11 is 1.70. The Morgan fingerprint density at radius 2 is 1.95 bits per heavy atom. The van der Waals surface area contributed by atoms with Crippen LogP contribution in [0.15, 0.2) is 11.6 Å². The summed E-state index contributed by atoms with van der Waals surface area (Å²) in [5.74, 6) is 1.15. The number of hydrogen-bond donors (Lipinski definition) is 1. The Bertz CT molecular complexity index is 535. The van der Waals surface area contributed by atoms with Gasteiger partial charge in [0.05, 0.1) is 5.69 Å². The zero-order valence-electron chi connectivity index (χ0n) is 13.5. The van der Waals surface area contributed by atoms with Gasteiger partial charge in [0.1, 0.15) is 0 Å². The quantitative estimate of drug-likeness (QED) is 0.768. The maximum Gasteiger partial charge on any atom is 0.195 e. The summed E-state index contributed by atoms with van der Waals surface area (Å²) < 4.78 is 2.22. The largest absolute Gasteiger partial charge is 0.355 e. The SMILES string of the molecule is CCCCN(CCCC)c1nc2sccn2c1CC(C)N. The van der Waals surface area contributed by atoms with E-state index in [-0.39, 0.29) is 6.04 Å². The van der Waals surface area contributed by atoms with Gasteiger partial charge in [0, 0.05) is 37.1 Å². The van der Waals surface area contributed by atoms with E-state index in [4.69, 9.17) is 10.7 Å². The molecule has 0 aliphatic carbocycles. The Morgan fingerprint density at radius 1 is 1.29 bits per heavy atom. The molecule has 2 rings (SSSR count). The van der Waals surface area contributed by atoms with Gasteiger partial charge in [-0.05, 0) is 19.8 Å². The van der Waals surface area contributed by atoms with Crippen molar-refractivity contribution in [2.45, 2.75) is 58.9 Å². The fraction of sp³-hybridized carbons (Fsp3) is 0.688. The maximum absolute atomic E-state index is 6.06. The molecule has 0 radical (unpaired) electrons. The van der Waals surface area contributed by atoms with Crippen LogP contribution in [-0.4, -0.2) is 28.5 Å². The van der Waals surface area contributed by atoms with Gasteiger partial charge in [0.15, 0.2) is 10.8 Å². The number of imidazole rings is 1. The summed E-state index contributed by atoms with van der Waals surface area (Å²) in [5.41, 5.74) is 7.33. The van der Waals surface area contributed by atoms with Crippen LogP contribution in [0.2, 0.25) is 0 Å². The molecule has 2 aromatic heterocycles. The van der Waals surface area contributed by atoms with Gasteiger partial charge in [-0.25, -0.2) is 4.98 Å². The zero-order valence-corrected chi connectivity index (χ0v) is 14.3. The van der Waals surface area contributed by atoms with Gasteiger partial charge >= 0.3 is 0 Å². The minimum atomic E-state index is 0.155. The smallest absolute Gasteiger partial charge is 0.195 e. The van der Waals surface area contributed by atoms with Gasteiger partial charge in [0.2, 0.25) is 0 Å². The number of thiazole rings is 1. The summed E-state index contributed by atoms with van der Waals surface area (Å²) in [6.45, 7) is 8.73. The second kappa shape index (κ2) is 7.80. The van der Waals surface area contributed by atoms with Gasteiger partial charge in [-0.15, -0.1) is 11.3 Å². The second-order valence-electron chi connectivity index (χ2n) is 5.81. The van der Waals surface area contributed by atoms with Crippen molar-refractivity contribution in [1.82, 2.24) is 9.38 Å². The van der Waals surface area contributed by atoms with E-state index >= 15 is 0 Å². The topological polar surface area (TPSA) is 46.6 Å². The molecule has 0 saturated heterocycles. The van der Waals surface area contributed by atoms with Crippen LogP contribution in [0.25, 0.3) is 4.96 Å². The van der Waals surface area contributed by atoms with Crippen LogP contribution in [0.3, 0.4) is 0 Å². The second-order valence-corrected chi connectivity index (χ2v) is 6.69. The van der Waals surface area contributed by atoms with E-state index in [0.717, 1.165) is 30.3 Å². The summed E-state index contributed by atoms with van der Waals surface area (Å²) in [4.78, 5) is 8.43. The van der Waals surface area contributed by atoms with Crippen molar-refractivity contribution in [3.8, 4) is 0 Å². The molecule has 0 saturated carbocycles. The highest BCUT2D eigenvalue weighted by Crippen LogP contribution is 2.26. The van der Waals surface area contributed by atoms with Crippen LogP contribution in [0, 0.1) is 0 Å². The predicted molar refractivity (Wildman–Crippen MR) is 92.5 cm³/mol. The van der Waals surface area contributed by atoms with Crippen molar-refractivity contribution in [3.05, 3.63) is 17.3 Å². The lowest BCUT2D eigenvalue weighted by Gasteiger charge is -2.24. The first-order valence-electron chi connectivity index (χ1n) is 8.12. The average molecular weight is 308 g/mol. The average Bonchev–Trinajstić information content (AvgIpc) is 3.02. The van der Waals surface area contributed by atoms with Crippen LogP contribution >= 0.6 is 11.3 Å². The van der Waals surface area contributed by atoms with Gasteiger partial charge in [-0.2, -0.15) is 0 Å². The van der Waals surface area contributed by atoms with E-state index < -0.39 is 0 Å². The number of nitrogens with two attached hydrogens (primary N) is 1. The molecule has 0 aliphatic heterocycles. The lowest BCUT2D eigenvalue weighted by Crippen LogP contribution is -2.28. The third kappa shape index (κ3) is 3.98. The third-order valence-electron chi connectivity index (χ3n) is 3.72. The predicted octanol–water partition coefficient (Wildman–Crippen LogP) is 3.69. The molecule has 2 aromatic rings. The Hall–Kier alpha value is -1.07. The molecule has 5 heteroatoms. The lowest BCUT2D eigenvalue weighted by atomic mass is 10.1. The van der Waals surface area contributed by atoms with Crippen LogP contribution in [-0.2, 0) is 6.42 Å². The van der Waals surface area contributed by atoms with Crippen molar-refractivity contribution in [2.75, 3.05) is 18.0 Å². The van der Waals surface area contributed by atoms with E-state index in [0.29, 0.717) is 0 Å². The fourth-order valence-corrected chi connectivity index (χ4v) is 3.32. The minimum Gasteiger partial charge on any atom is -0.355 e. The molecule has 0 spiro atoms. The van der Waals surface area contributed by atoms with Gasteiger partial charge in [-0.3, -0.25) is 4.40 Å². The number of aromatic nitrogens is 2. The van der Waals surface area contributed by atoms with Crippen molar-refractivity contribution in [3.63, 3.8) is 0 Å². The number of nitrogens with zero attached hydrogens (tertiary/aromatic N) is 3. The molecular weight excluding hydrogens is 280 g/mol. The summed E-state index contributed by atoms with van der Waals surface area (Å²) in [5, 5.41) is 2.10. The highest BCUT2D eigenvalue weighted by Gasteiger charge is 2.19. The molecule has 2 N–H and O–H groups in total. The van der Waals surface area contributed by atoms with Crippen molar-refractivity contribution >= 4 is 22.1 Å². The number of anilines is 1. The van der Waals surface area contributed by atoms with E-state index in [9.17, 15) is 0 Å². The number of rotatable bonds is 9. The van der Waals surface area contributed by atoms with Crippen LogP contribution < -0.4 is 10.6 Å². The minimum absolute atomic E-state index is 0.155. The molecule has 118 valence electrons. The first kappa shape index (κ1) is 16.3. The molecule has 4 nitrogen and oxygen atoms in total. The fourth-order valence-electron chi connectivity index (χ4n) is 2.59. The molecule has 0 bridgehead atoms. The van der Waals surface area contributed by atoms with Crippen molar-refractivity contribution < 1.29 is 0 Å². The van der Waals surface area contributed by atoms with Gasteiger partial charge in [0.25, 0.3) is 0 Å². The highest BCUT2D eigenvalue weighted by atomic mass is 32.1. The molecule has 21 heavy (non-hydrogen) atoms. The molecule has 2 heterocycles. The number of hydrogen-bond acceptors (Lipinski definition) is 4. The van der Waals surface area contributed by atoms with Crippen LogP contribution in [0.5, 0.6) is 0 Å². The van der Waals surface area contributed by atoms with Gasteiger partial charge < -0.3 is 10.6 Å². The monoisotopic (exact) mass is 308 g/mol. The van der Waals surface area contributed by atoms with E-state index in [2.05, 4.69) is 41.6 Å². The van der Waals surface area contributed by atoms with Crippen LogP contribution in [0.4, 0.5) is 5.82 Å². The molecule has 0 aliphatic rings. The molecule has 0 fully saturated rings. The van der Waals surface area contributed by atoms with Crippen molar-refractivity contribution in [2.24, 2.45) is 5.73 Å². The standard InChI is InChI=1S/C16H28N4S/c1-4-6-8-19(9-7-5-2)15-14(12-13(3)17)20-10-11-21-16(20)18-15/h10-11,13H,4-9,12,17H2,1-3H3.